The number of halogens is 1. The zero-order valence-electron chi connectivity index (χ0n) is 11.8. The van der Waals surface area contributed by atoms with Crippen LogP contribution in [-0.2, 0) is 4.79 Å². The van der Waals surface area contributed by atoms with Crippen LogP contribution in [0.5, 0.6) is 0 Å². The van der Waals surface area contributed by atoms with Crippen LogP contribution in [0.4, 0.5) is 4.39 Å². The summed E-state index contributed by atoms with van der Waals surface area (Å²) in [5.74, 6) is -0.356. The number of rotatable bonds is 4. The fourth-order valence-electron chi connectivity index (χ4n) is 2.64. The second-order valence-corrected chi connectivity index (χ2v) is 5.49. The lowest BCUT2D eigenvalue weighted by Gasteiger charge is -2.13. The third-order valence-electron chi connectivity index (χ3n) is 3.98. The molecule has 1 heterocycles. The average Bonchev–Trinajstić information content (AvgIpc) is 3.29. The summed E-state index contributed by atoms with van der Waals surface area (Å²) in [4.78, 5) is 16.3. The maximum Gasteiger partial charge on any atom is 0.224 e. The van der Waals surface area contributed by atoms with Crippen LogP contribution in [0.1, 0.15) is 36.4 Å². The summed E-state index contributed by atoms with van der Waals surface area (Å²) in [6.45, 7) is 1.93. The van der Waals surface area contributed by atoms with Gasteiger partial charge in [0.15, 0.2) is 0 Å². The van der Waals surface area contributed by atoms with Crippen LogP contribution in [0.25, 0.3) is 0 Å². The fourth-order valence-corrected chi connectivity index (χ4v) is 2.64. The first kappa shape index (κ1) is 13.7. The molecule has 0 saturated heterocycles. The highest BCUT2D eigenvalue weighted by Crippen LogP contribution is 2.48. The lowest BCUT2D eigenvalue weighted by atomic mass is 10.1. The van der Waals surface area contributed by atoms with Crippen LogP contribution in [0.2, 0.25) is 0 Å². The molecule has 3 atom stereocenters. The maximum atomic E-state index is 13.7. The Bertz CT molecular complexity index is 644. The van der Waals surface area contributed by atoms with E-state index in [2.05, 4.69) is 10.3 Å². The third-order valence-corrected chi connectivity index (χ3v) is 3.98. The molecule has 3 unspecified atom stereocenters. The fraction of sp³-hybridized carbons (Fsp3) is 0.294. The molecule has 1 N–H and O–H groups in total. The predicted molar refractivity (Wildman–Crippen MR) is 78.0 cm³/mol. The predicted octanol–water partition coefficient (Wildman–Crippen LogP) is 3.20. The molecule has 108 valence electrons. The molecule has 21 heavy (non-hydrogen) atoms. The molecule has 1 aliphatic rings. The number of carbonyl (C=O) groups is 1. The number of benzene rings is 1. The molecule has 0 bridgehead atoms. The second kappa shape index (κ2) is 5.64. The van der Waals surface area contributed by atoms with E-state index in [1.165, 1.54) is 6.07 Å². The number of hydrogen-bond donors (Lipinski definition) is 1. The van der Waals surface area contributed by atoms with Crippen molar-refractivity contribution in [3.8, 4) is 0 Å². The topological polar surface area (TPSA) is 42.0 Å². The molecular formula is C17H17FN2O. The van der Waals surface area contributed by atoms with E-state index in [9.17, 15) is 9.18 Å². The second-order valence-electron chi connectivity index (χ2n) is 5.49. The Morgan fingerprint density at radius 1 is 1.33 bits per heavy atom. The van der Waals surface area contributed by atoms with E-state index in [1.54, 1.807) is 24.5 Å². The zero-order chi connectivity index (χ0) is 14.8. The first-order chi connectivity index (χ1) is 10.2. The minimum Gasteiger partial charge on any atom is -0.349 e. The Kier molecular flexibility index (Phi) is 3.69. The standard InChI is InChI=1S/C17H17FN2O/c1-11(12-5-4-8-19-10-12)20-17(21)15-9-14(15)13-6-2-3-7-16(13)18/h2-8,10-11,14-15H,9H2,1H3,(H,20,21). The molecule has 0 radical (unpaired) electrons. The summed E-state index contributed by atoms with van der Waals surface area (Å²) >= 11 is 0. The highest BCUT2D eigenvalue weighted by molar-refractivity contribution is 5.83. The molecule has 3 rings (SSSR count). The largest absolute Gasteiger partial charge is 0.349 e. The van der Waals surface area contributed by atoms with Crippen molar-refractivity contribution < 1.29 is 9.18 Å². The first-order valence-corrected chi connectivity index (χ1v) is 7.11. The number of carbonyl (C=O) groups excluding carboxylic acids is 1. The van der Waals surface area contributed by atoms with Crippen LogP contribution in [0, 0.1) is 11.7 Å². The van der Waals surface area contributed by atoms with Gasteiger partial charge < -0.3 is 5.32 Å². The molecule has 0 aliphatic heterocycles. The van der Waals surface area contributed by atoms with Gasteiger partial charge in [0.2, 0.25) is 5.91 Å². The number of aromatic nitrogens is 1. The van der Waals surface area contributed by atoms with E-state index >= 15 is 0 Å². The molecule has 4 heteroatoms. The highest BCUT2D eigenvalue weighted by atomic mass is 19.1. The Morgan fingerprint density at radius 2 is 2.14 bits per heavy atom. The lowest BCUT2D eigenvalue weighted by Crippen LogP contribution is -2.28. The summed E-state index contributed by atoms with van der Waals surface area (Å²) in [7, 11) is 0. The number of pyridine rings is 1. The van der Waals surface area contributed by atoms with Crippen molar-refractivity contribution in [1.29, 1.82) is 0 Å². The van der Waals surface area contributed by atoms with Gasteiger partial charge in [0, 0.05) is 18.3 Å². The molecule has 3 nitrogen and oxygen atoms in total. The van der Waals surface area contributed by atoms with E-state index in [-0.39, 0.29) is 29.6 Å². The summed E-state index contributed by atoms with van der Waals surface area (Å²) < 4.78 is 13.7. The van der Waals surface area contributed by atoms with Gasteiger partial charge in [-0.1, -0.05) is 24.3 Å². The Labute approximate surface area is 123 Å². The van der Waals surface area contributed by atoms with Crippen LogP contribution >= 0.6 is 0 Å². The van der Waals surface area contributed by atoms with Crippen LogP contribution in [0.3, 0.4) is 0 Å². The Balaban J connectivity index is 1.62. The minimum atomic E-state index is -0.224. The van der Waals surface area contributed by atoms with Gasteiger partial charge >= 0.3 is 0 Å². The Hall–Kier alpha value is -2.23. The van der Waals surface area contributed by atoms with Crippen molar-refractivity contribution in [3.05, 3.63) is 65.7 Å². The van der Waals surface area contributed by atoms with Crippen LogP contribution in [0.15, 0.2) is 48.8 Å². The van der Waals surface area contributed by atoms with E-state index in [0.717, 1.165) is 5.56 Å². The van der Waals surface area contributed by atoms with Gasteiger partial charge in [-0.25, -0.2) is 4.39 Å². The summed E-state index contributed by atoms with van der Waals surface area (Å²) in [6.07, 6.45) is 4.16. The molecule has 2 aromatic rings. The molecule has 1 amide bonds. The molecule has 1 aromatic carbocycles. The normalized spacial score (nSPS) is 21.6. The third kappa shape index (κ3) is 2.94. The van der Waals surface area contributed by atoms with Gasteiger partial charge in [-0.15, -0.1) is 0 Å². The zero-order valence-corrected chi connectivity index (χ0v) is 11.8. The van der Waals surface area contributed by atoms with E-state index in [0.29, 0.717) is 12.0 Å². The summed E-state index contributed by atoms with van der Waals surface area (Å²) in [5.41, 5.74) is 1.61. The highest BCUT2D eigenvalue weighted by Gasteiger charge is 2.45. The Morgan fingerprint density at radius 3 is 2.86 bits per heavy atom. The molecular weight excluding hydrogens is 267 g/mol. The molecule has 0 spiro atoms. The van der Waals surface area contributed by atoms with Gasteiger partial charge in [0.1, 0.15) is 5.82 Å². The van der Waals surface area contributed by atoms with E-state index in [4.69, 9.17) is 0 Å². The number of nitrogens with one attached hydrogen (secondary N) is 1. The first-order valence-electron chi connectivity index (χ1n) is 7.11. The van der Waals surface area contributed by atoms with Crippen LogP contribution < -0.4 is 5.32 Å². The van der Waals surface area contributed by atoms with Crippen molar-refractivity contribution in [2.75, 3.05) is 0 Å². The van der Waals surface area contributed by atoms with Crippen molar-refractivity contribution in [1.82, 2.24) is 10.3 Å². The van der Waals surface area contributed by atoms with Gasteiger partial charge in [-0.05, 0) is 42.5 Å². The van der Waals surface area contributed by atoms with E-state index < -0.39 is 0 Å². The molecule has 1 aromatic heterocycles. The monoisotopic (exact) mass is 284 g/mol. The average molecular weight is 284 g/mol. The van der Waals surface area contributed by atoms with Gasteiger partial charge in [0.05, 0.1) is 6.04 Å². The van der Waals surface area contributed by atoms with Crippen LogP contribution in [-0.4, -0.2) is 10.9 Å². The van der Waals surface area contributed by atoms with Crippen molar-refractivity contribution in [2.24, 2.45) is 5.92 Å². The van der Waals surface area contributed by atoms with Gasteiger partial charge in [0.25, 0.3) is 0 Å². The minimum absolute atomic E-state index is 0.00676. The molecule has 1 saturated carbocycles. The SMILES string of the molecule is CC(NC(=O)C1CC1c1ccccc1F)c1cccnc1. The molecule has 1 aliphatic carbocycles. The number of nitrogens with zero attached hydrogens (tertiary/aromatic N) is 1. The maximum absolute atomic E-state index is 13.7. The molecule has 1 fully saturated rings. The summed E-state index contributed by atoms with van der Waals surface area (Å²) in [6, 6.07) is 10.4. The van der Waals surface area contributed by atoms with E-state index in [1.807, 2.05) is 25.1 Å². The summed E-state index contributed by atoms with van der Waals surface area (Å²) in [5, 5.41) is 2.98. The number of amides is 1. The van der Waals surface area contributed by atoms with Crippen molar-refractivity contribution >= 4 is 5.91 Å². The van der Waals surface area contributed by atoms with Crippen molar-refractivity contribution in [2.45, 2.75) is 25.3 Å². The quantitative estimate of drug-likeness (QED) is 0.936. The lowest BCUT2D eigenvalue weighted by molar-refractivity contribution is -0.123. The smallest absolute Gasteiger partial charge is 0.224 e. The number of hydrogen-bond acceptors (Lipinski definition) is 2. The van der Waals surface area contributed by atoms with Gasteiger partial charge in [-0.3, -0.25) is 9.78 Å². The van der Waals surface area contributed by atoms with Gasteiger partial charge in [-0.2, -0.15) is 0 Å². The van der Waals surface area contributed by atoms with Crippen molar-refractivity contribution in [3.63, 3.8) is 0 Å².